The molecule has 2 aromatic rings. The zero-order valence-corrected chi connectivity index (χ0v) is 14.7. The molecule has 1 unspecified atom stereocenters. The number of nitrogens with one attached hydrogen (secondary N) is 1. The standard InChI is InChI=1S/C16H13ClF3NO4S/c17-10-3-1-9(2-4-10)13-7-12(14(25-13)16(18,19)20)15(22)21-11-5-6-26(23,24)8-11/h1-4,7,11H,5-6,8H2,(H,21,22). The summed E-state index contributed by atoms with van der Waals surface area (Å²) in [6, 6.07) is 6.16. The lowest BCUT2D eigenvalue weighted by atomic mass is 10.1. The average Bonchev–Trinajstić information content (AvgIpc) is 3.11. The van der Waals surface area contributed by atoms with Crippen LogP contribution >= 0.6 is 11.6 Å². The summed E-state index contributed by atoms with van der Waals surface area (Å²) < 4.78 is 67.5. The molecule has 0 radical (unpaired) electrons. The first-order valence-electron chi connectivity index (χ1n) is 7.53. The number of carbonyl (C=O) groups excluding carboxylic acids is 1. The maximum absolute atomic E-state index is 13.2. The molecule has 0 spiro atoms. The van der Waals surface area contributed by atoms with E-state index in [0.717, 1.165) is 6.07 Å². The van der Waals surface area contributed by atoms with Gasteiger partial charge in [-0.15, -0.1) is 0 Å². The number of carbonyl (C=O) groups is 1. The molecule has 1 fully saturated rings. The minimum atomic E-state index is -4.88. The Hall–Kier alpha value is -2.00. The van der Waals surface area contributed by atoms with Crippen molar-refractivity contribution in [3.05, 3.63) is 46.7 Å². The highest BCUT2D eigenvalue weighted by molar-refractivity contribution is 7.91. The fourth-order valence-electron chi connectivity index (χ4n) is 2.70. The summed E-state index contributed by atoms with van der Waals surface area (Å²) in [5.74, 6) is -2.99. The summed E-state index contributed by atoms with van der Waals surface area (Å²) in [6.45, 7) is 0. The number of benzene rings is 1. The Bertz CT molecular complexity index is 935. The molecular weight excluding hydrogens is 395 g/mol. The van der Waals surface area contributed by atoms with Gasteiger partial charge in [0.2, 0.25) is 5.76 Å². The predicted molar refractivity (Wildman–Crippen MR) is 88.7 cm³/mol. The molecule has 1 aliphatic heterocycles. The number of rotatable bonds is 3. The van der Waals surface area contributed by atoms with Crippen molar-refractivity contribution in [3.63, 3.8) is 0 Å². The molecular formula is C16H13ClF3NO4S. The van der Waals surface area contributed by atoms with Crippen LogP contribution < -0.4 is 5.32 Å². The monoisotopic (exact) mass is 407 g/mol. The molecule has 1 saturated heterocycles. The van der Waals surface area contributed by atoms with E-state index in [2.05, 4.69) is 5.32 Å². The topological polar surface area (TPSA) is 76.4 Å². The summed E-state index contributed by atoms with van der Waals surface area (Å²) >= 11 is 5.75. The maximum Gasteiger partial charge on any atom is 0.450 e. The summed E-state index contributed by atoms with van der Waals surface area (Å²) in [4.78, 5) is 12.3. The van der Waals surface area contributed by atoms with Crippen molar-refractivity contribution in [1.82, 2.24) is 5.32 Å². The largest absolute Gasteiger partial charge is 0.451 e. The smallest absolute Gasteiger partial charge is 0.450 e. The van der Waals surface area contributed by atoms with Crippen molar-refractivity contribution in [2.75, 3.05) is 11.5 Å². The first-order chi connectivity index (χ1) is 12.0. The molecule has 10 heteroatoms. The highest BCUT2D eigenvalue weighted by Gasteiger charge is 2.41. The first kappa shape index (κ1) is 18.8. The van der Waals surface area contributed by atoms with Crippen LogP contribution in [-0.4, -0.2) is 31.9 Å². The van der Waals surface area contributed by atoms with Gasteiger partial charge in [0, 0.05) is 16.6 Å². The zero-order valence-electron chi connectivity index (χ0n) is 13.1. The third-order valence-electron chi connectivity index (χ3n) is 3.93. The van der Waals surface area contributed by atoms with Gasteiger partial charge in [-0.3, -0.25) is 4.79 Å². The maximum atomic E-state index is 13.2. The van der Waals surface area contributed by atoms with Gasteiger partial charge >= 0.3 is 6.18 Å². The molecule has 3 rings (SSSR count). The quantitative estimate of drug-likeness (QED) is 0.844. The second-order valence-electron chi connectivity index (χ2n) is 5.93. The van der Waals surface area contributed by atoms with Crippen LogP contribution in [0.4, 0.5) is 13.2 Å². The van der Waals surface area contributed by atoms with Crippen molar-refractivity contribution < 1.29 is 30.8 Å². The second-order valence-corrected chi connectivity index (χ2v) is 8.60. The molecule has 2 heterocycles. The van der Waals surface area contributed by atoms with E-state index in [1.807, 2.05) is 0 Å². The molecule has 140 valence electrons. The van der Waals surface area contributed by atoms with Crippen LogP contribution in [0.1, 0.15) is 22.5 Å². The number of furan rings is 1. The molecule has 1 aromatic heterocycles. The van der Waals surface area contributed by atoms with Crippen LogP contribution in [0, 0.1) is 0 Å². The third-order valence-corrected chi connectivity index (χ3v) is 5.95. The predicted octanol–water partition coefficient (Wildman–Crippen LogP) is 3.54. The van der Waals surface area contributed by atoms with E-state index in [4.69, 9.17) is 16.0 Å². The van der Waals surface area contributed by atoms with Crippen molar-refractivity contribution in [2.45, 2.75) is 18.6 Å². The van der Waals surface area contributed by atoms with Crippen LogP contribution in [0.15, 0.2) is 34.7 Å². The van der Waals surface area contributed by atoms with Gasteiger partial charge in [-0.25, -0.2) is 8.42 Å². The lowest BCUT2D eigenvalue weighted by molar-refractivity contribution is -0.153. The lowest BCUT2D eigenvalue weighted by Crippen LogP contribution is -2.36. The van der Waals surface area contributed by atoms with Crippen molar-refractivity contribution in [2.24, 2.45) is 0 Å². The Morgan fingerprint density at radius 3 is 2.42 bits per heavy atom. The highest BCUT2D eigenvalue weighted by atomic mass is 35.5. The first-order valence-corrected chi connectivity index (χ1v) is 9.73. The molecule has 5 nitrogen and oxygen atoms in total. The second kappa shape index (κ2) is 6.62. The summed E-state index contributed by atoms with van der Waals surface area (Å²) in [5, 5.41) is 2.74. The fraction of sp³-hybridized carbons (Fsp3) is 0.312. The van der Waals surface area contributed by atoms with Crippen LogP contribution in [0.3, 0.4) is 0 Å². The Labute approximate surface area is 152 Å². The van der Waals surface area contributed by atoms with Crippen LogP contribution in [0.5, 0.6) is 0 Å². The number of hydrogen-bond acceptors (Lipinski definition) is 4. The molecule has 1 aromatic carbocycles. The number of hydrogen-bond donors (Lipinski definition) is 1. The number of halogens is 4. The molecule has 1 atom stereocenters. The van der Waals surface area contributed by atoms with E-state index in [0.29, 0.717) is 10.6 Å². The number of amides is 1. The van der Waals surface area contributed by atoms with Gasteiger partial charge < -0.3 is 9.73 Å². The van der Waals surface area contributed by atoms with Gasteiger partial charge in [0.05, 0.1) is 17.1 Å². The summed E-state index contributed by atoms with van der Waals surface area (Å²) in [6.07, 6.45) is -4.71. The van der Waals surface area contributed by atoms with Crippen LogP contribution in [0.2, 0.25) is 5.02 Å². The number of alkyl halides is 3. The Morgan fingerprint density at radius 2 is 1.88 bits per heavy atom. The van der Waals surface area contributed by atoms with Crippen LogP contribution in [-0.2, 0) is 16.0 Å². The van der Waals surface area contributed by atoms with Crippen molar-refractivity contribution >= 4 is 27.3 Å². The lowest BCUT2D eigenvalue weighted by Gasteiger charge is -2.11. The Kier molecular flexibility index (Phi) is 4.78. The molecule has 26 heavy (non-hydrogen) atoms. The Morgan fingerprint density at radius 1 is 1.23 bits per heavy atom. The van der Waals surface area contributed by atoms with E-state index in [-0.39, 0.29) is 23.7 Å². The van der Waals surface area contributed by atoms with Gasteiger partial charge in [0.1, 0.15) is 5.76 Å². The SMILES string of the molecule is O=C(NC1CCS(=O)(=O)C1)c1cc(-c2ccc(Cl)cc2)oc1C(F)(F)F. The average molecular weight is 408 g/mol. The zero-order chi connectivity index (χ0) is 19.1. The molecule has 1 aliphatic rings. The van der Waals surface area contributed by atoms with E-state index in [9.17, 15) is 26.4 Å². The van der Waals surface area contributed by atoms with Gasteiger partial charge in [-0.1, -0.05) is 11.6 Å². The molecule has 1 amide bonds. The minimum absolute atomic E-state index is 0.106. The highest BCUT2D eigenvalue weighted by Crippen LogP contribution is 2.37. The van der Waals surface area contributed by atoms with Crippen molar-refractivity contribution in [1.29, 1.82) is 0 Å². The molecule has 0 bridgehead atoms. The minimum Gasteiger partial charge on any atom is -0.451 e. The third kappa shape index (κ3) is 4.04. The molecule has 1 N–H and O–H groups in total. The van der Waals surface area contributed by atoms with E-state index in [1.54, 1.807) is 0 Å². The number of sulfone groups is 1. The Balaban J connectivity index is 1.92. The van der Waals surface area contributed by atoms with E-state index in [1.165, 1.54) is 24.3 Å². The van der Waals surface area contributed by atoms with Gasteiger partial charge in [-0.2, -0.15) is 13.2 Å². The van der Waals surface area contributed by atoms with Crippen LogP contribution in [0.25, 0.3) is 11.3 Å². The van der Waals surface area contributed by atoms with E-state index < -0.39 is 39.3 Å². The molecule has 0 aliphatic carbocycles. The molecule has 0 saturated carbocycles. The fourth-order valence-corrected chi connectivity index (χ4v) is 4.50. The van der Waals surface area contributed by atoms with Gasteiger partial charge in [0.25, 0.3) is 5.91 Å². The summed E-state index contributed by atoms with van der Waals surface area (Å²) in [7, 11) is -3.28. The van der Waals surface area contributed by atoms with E-state index >= 15 is 0 Å². The van der Waals surface area contributed by atoms with Crippen molar-refractivity contribution in [3.8, 4) is 11.3 Å². The van der Waals surface area contributed by atoms with Gasteiger partial charge in [0.15, 0.2) is 9.84 Å². The normalized spacial score (nSPS) is 19.5. The van der Waals surface area contributed by atoms with Gasteiger partial charge in [-0.05, 0) is 36.8 Å². The summed E-state index contributed by atoms with van der Waals surface area (Å²) in [5.41, 5.74) is -0.367.